The highest BCUT2D eigenvalue weighted by Gasteiger charge is 2.24. The summed E-state index contributed by atoms with van der Waals surface area (Å²) in [6, 6.07) is 12.3. The second-order valence-electron chi connectivity index (χ2n) is 6.30. The van der Waals surface area contributed by atoms with Gasteiger partial charge in [0.05, 0.1) is 11.4 Å². The predicted octanol–water partition coefficient (Wildman–Crippen LogP) is 3.01. The number of carbonyl (C=O) groups excluding carboxylic acids is 1. The van der Waals surface area contributed by atoms with E-state index in [-0.39, 0.29) is 5.91 Å². The lowest BCUT2D eigenvalue weighted by molar-refractivity contribution is -0.118. The molecule has 3 aromatic rings. The van der Waals surface area contributed by atoms with Crippen LogP contribution in [0.1, 0.15) is 18.4 Å². The molecule has 1 aliphatic rings. The maximum Gasteiger partial charge on any atom is 0.230 e. The van der Waals surface area contributed by atoms with Gasteiger partial charge in [0.1, 0.15) is 0 Å². The summed E-state index contributed by atoms with van der Waals surface area (Å²) in [6.45, 7) is 2.05. The number of rotatable bonds is 6. The van der Waals surface area contributed by atoms with Gasteiger partial charge < -0.3 is 5.32 Å². The molecule has 132 valence electrons. The summed E-state index contributed by atoms with van der Waals surface area (Å²) in [4.78, 5) is 16.2. The van der Waals surface area contributed by atoms with Gasteiger partial charge in [-0.3, -0.25) is 14.3 Å². The summed E-state index contributed by atoms with van der Waals surface area (Å²) >= 11 is 1.40. The Kier molecular flexibility index (Phi) is 4.71. The number of benzene rings is 1. The summed E-state index contributed by atoms with van der Waals surface area (Å²) in [7, 11) is 0. The molecule has 26 heavy (non-hydrogen) atoms. The zero-order chi connectivity index (χ0) is 17.9. The Morgan fingerprint density at radius 1 is 1.23 bits per heavy atom. The summed E-state index contributed by atoms with van der Waals surface area (Å²) in [5.74, 6) is 1.09. The van der Waals surface area contributed by atoms with E-state index in [1.54, 1.807) is 12.4 Å². The third-order valence-electron chi connectivity index (χ3n) is 4.18. The van der Waals surface area contributed by atoms with E-state index in [0.717, 1.165) is 35.5 Å². The molecule has 1 saturated carbocycles. The maximum absolute atomic E-state index is 12.1. The van der Waals surface area contributed by atoms with Crippen LogP contribution in [-0.2, 0) is 4.79 Å². The van der Waals surface area contributed by atoms with Gasteiger partial charge in [0.15, 0.2) is 11.0 Å². The van der Waals surface area contributed by atoms with Gasteiger partial charge in [0.25, 0.3) is 0 Å². The number of para-hydroxylation sites is 1. The second-order valence-corrected chi connectivity index (χ2v) is 7.24. The van der Waals surface area contributed by atoms with Crippen molar-refractivity contribution in [3.63, 3.8) is 0 Å². The van der Waals surface area contributed by atoms with Gasteiger partial charge in [-0.1, -0.05) is 30.0 Å². The third-order valence-corrected chi connectivity index (χ3v) is 5.11. The quantitative estimate of drug-likeness (QED) is 0.680. The third kappa shape index (κ3) is 3.62. The number of hydrogen-bond acceptors (Lipinski definition) is 5. The van der Waals surface area contributed by atoms with Gasteiger partial charge in [0.2, 0.25) is 5.91 Å². The van der Waals surface area contributed by atoms with E-state index in [2.05, 4.69) is 33.5 Å². The van der Waals surface area contributed by atoms with Crippen molar-refractivity contribution in [2.45, 2.75) is 31.0 Å². The van der Waals surface area contributed by atoms with Gasteiger partial charge in [-0.25, -0.2) is 0 Å². The molecule has 2 heterocycles. The molecule has 2 aromatic heterocycles. The van der Waals surface area contributed by atoms with E-state index in [1.165, 1.54) is 11.8 Å². The molecule has 1 amide bonds. The Morgan fingerprint density at radius 3 is 2.81 bits per heavy atom. The first kappa shape index (κ1) is 16.8. The molecule has 0 bridgehead atoms. The fourth-order valence-corrected chi connectivity index (χ4v) is 3.46. The molecule has 4 rings (SSSR count). The van der Waals surface area contributed by atoms with Crippen LogP contribution in [0.4, 0.5) is 0 Å². The van der Waals surface area contributed by atoms with E-state index in [0.29, 0.717) is 17.0 Å². The largest absolute Gasteiger partial charge is 0.353 e. The Morgan fingerprint density at radius 2 is 2.08 bits per heavy atom. The zero-order valence-corrected chi connectivity index (χ0v) is 15.2. The van der Waals surface area contributed by atoms with Crippen LogP contribution in [0.25, 0.3) is 17.1 Å². The number of pyridine rings is 1. The van der Waals surface area contributed by atoms with E-state index < -0.39 is 0 Å². The lowest BCUT2D eigenvalue weighted by atomic mass is 10.2. The van der Waals surface area contributed by atoms with Crippen LogP contribution in [0.15, 0.2) is 53.9 Å². The first-order chi connectivity index (χ1) is 12.7. The van der Waals surface area contributed by atoms with E-state index in [9.17, 15) is 4.79 Å². The van der Waals surface area contributed by atoms with Gasteiger partial charge >= 0.3 is 0 Å². The molecule has 1 aliphatic carbocycles. The summed E-state index contributed by atoms with van der Waals surface area (Å²) in [5.41, 5.74) is 3.00. The Labute approximate surface area is 156 Å². The first-order valence-electron chi connectivity index (χ1n) is 8.56. The molecule has 0 saturated heterocycles. The molecular weight excluding hydrogens is 346 g/mol. The number of aryl methyl sites for hydroxylation is 1. The summed E-state index contributed by atoms with van der Waals surface area (Å²) < 4.78 is 2.00. The smallest absolute Gasteiger partial charge is 0.230 e. The summed E-state index contributed by atoms with van der Waals surface area (Å²) in [6.07, 6.45) is 5.67. The predicted molar refractivity (Wildman–Crippen MR) is 101 cm³/mol. The van der Waals surface area contributed by atoms with Crippen LogP contribution in [-0.4, -0.2) is 37.5 Å². The van der Waals surface area contributed by atoms with Crippen molar-refractivity contribution in [3.05, 3.63) is 54.4 Å². The standard InChI is InChI=1S/C19H19N5OS/c1-13-5-2-3-7-16(13)24-18(14-6-4-10-20-11-14)22-23-19(24)26-12-17(25)21-15-8-9-15/h2-7,10-11,15H,8-9,12H2,1H3,(H,21,25). The van der Waals surface area contributed by atoms with Gasteiger partial charge in [0, 0.05) is 24.0 Å². The van der Waals surface area contributed by atoms with E-state index >= 15 is 0 Å². The number of nitrogens with one attached hydrogen (secondary N) is 1. The number of thioether (sulfide) groups is 1. The highest BCUT2D eigenvalue weighted by atomic mass is 32.2. The molecule has 0 radical (unpaired) electrons. The molecule has 1 N–H and O–H groups in total. The Bertz CT molecular complexity index is 921. The van der Waals surface area contributed by atoms with Gasteiger partial charge in [-0.15, -0.1) is 10.2 Å². The molecule has 0 unspecified atom stereocenters. The molecule has 0 atom stereocenters. The highest BCUT2D eigenvalue weighted by molar-refractivity contribution is 7.99. The molecular formula is C19H19N5OS. The normalized spacial score (nSPS) is 13.6. The maximum atomic E-state index is 12.1. The lowest BCUT2D eigenvalue weighted by Gasteiger charge is -2.12. The van der Waals surface area contributed by atoms with E-state index in [1.807, 2.05) is 34.9 Å². The number of amides is 1. The van der Waals surface area contributed by atoms with Crippen LogP contribution < -0.4 is 5.32 Å². The topological polar surface area (TPSA) is 72.7 Å². The van der Waals surface area contributed by atoms with Crippen molar-refractivity contribution in [3.8, 4) is 17.1 Å². The highest BCUT2D eigenvalue weighted by Crippen LogP contribution is 2.29. The monoisotopic (exact) mass is 365 g/mol. The van der Waals surface area contributed by atoms with Crippen LogP contribution in [0.5, 0.6) is 0 Å². The molecule has 1 fully saturated rings. The fourth-order valence-electron chi connectivity index (χ4n) is 2.70. The van der Waals surface area contributed by atoms with Crippen molar-refractivity contribution in [2.24, 2.45) is 0 Å². The number of carbonyl (C=O) groups is 1. The molecule has 0 spiro atoms. The molecule has 1 aromatic carbocycles. The van der Waals surface area contributed by atoms with Crippen LogP contribution in [0.3, 0.4) is 0 Å². The van der Waals surface area contributed by atoms with Gasteiger partial charge in [-0.2, -0.15) is 0 Å². The van der Waals surface area contributed by atoms with Crippen LogP contribution >= 0.6 is 11.8 Å². The molecule has 6 nitrogen and oxygen atoms in total. The molecule has 0 aliphatic heterocycles. The SMILES string of the molecule is Cc1ccccc1-n1c(SCC(=O)NC2CC2)nnc1-c1cccnc1. The van der Waals surface area contributed by atoms with E-state index in [4.69, 9.17) is 0 Å². The first-order valence-corrected chi connectivity index (χ1v) is 9.55. The van der Waals surface area contributed by atoms with Crippen molar-refractivity contribution in [1.82, 2.24) is 25.1 Å². The minimum Gasteiger partial charge on any atom is -0.353 e. The zero-order valence-electron chi connectivity index (χ0n) is 14.4. The van der Waals surface area contributed by atoms with Crippen molar-refractivity contribution >= 4 is 17.7 Å². The lowest BCUT2D eigenvalue weighted by Crippen LogP contribution is -2.27. The second kappa shape index (κ2) is 7.29. The average molecular weight is 365 g/mol. The van der Waals surface area contributed by atoms with Crippen molar-refractivity contribution < 1.29 is 4.79 Å². The Hall–Kier alpha value is -2.67. The van der Waals surface area contributed by atoms with Crippen LogP contribution in [0, 0.1) is 6.92 Å². The Balaban J connectivity index is 1.68. The molecule has 7 heteroatoms. The summed E-state index contributed by atoms with van der Waals surface area (Å²) in [5, 5.41) is 12.4. The number of hydrogen-bond donors (Lipinski definition) is 1. The van der Waals surface area contributed by atoms with Crippen LogP contribution in [0.2, 0.25) is 0 Å². The average Bonchev–Trinajstić information content (AvgIpc) is 3.37. The minimum absolute atomic E-state index is 0.0414. The fraction of sp³-hybridized carbons (Fsp3) is 0.263. The van der Waals surface area contributed by atoms with Gasteiger partial charge in [-0.05, 0) is 43.5 Å². The van der Waals surface area contributed by atoms with Crippen molar-refractivity contribution in [1.29, 1.82) is 0 Å². The minimum atomic E-state index is 0.0414. The number of nitrogens with zero attached hydrogens (tertiary/aromatic N) is 4. The number of aromatic nitrogens is 4. The van der Waals surface area contributed by atoms with Crippen molar-refractivity contribution in [2.75, 3.05) is 5.75 Å².